The lowest BCUT2D eigenvalue weighted by Gasteiger charge is -2.15. The fraction of sp³-hybridized carbons (Fsp3) is 0.462. The van der Waals surface area contributed by atoms with Crippen LogP contribution in [0, 0.1) is 0 Å². The third-order valence-corrected chi connectivity index (χ3v) is 2.47. The lowest BCUT2D eigenvalue weighted by atomic mass is 10.2. The minimum Gasteiger partial charge on any atom is -0.492 e. The molecule has 0 aliphatic carbocycles. The Kier molecular flexibility index (Phi) is 6.88. The highest BCUT2D eigenvalue weighted by Crippen LogP contribution is 2.12. The van der Waals surface area contributed by atoms with Crippen molar-refractivity contribution in [2.75, 3.05) is 33.5 Å². The number of rotatable bonds is 9. The lowest BCUT2D eigenvalue weighted by Crippen LogP contribution is -2.38. The number of hydrogen-bond donors (Lipinski definition) is 3. The molecule has 6 heteroatoms. The van der Waals surface area contributed by atoms with Crippen molar-refractivity contribution < 1.29 is 24.5 Å². The average Bonchev–Trinajstić information content (AvgIpc) is 2.42. The molecule has 0 aliphatic rings. The standard InChI is InChI=1S/C13H19NO5/c1-18-9-11(8-15)14-5-6-19-12-4-2-3-10(7-12)13(16)17/h2-4,7,11,14-15H,5-6,8-9H2,1H3,(H,16,17). The zero-order valence-electron chi connectivity index (χ0n) is 10.8. The summed E-state index contributed by atoms with van der Waals surface area (Å²) >= 11 is 0. The molecule has 0 aliphatic heterocycles. The molecule has 0 radical (unpaired) electrons. The van der Waals surface area contributed by atoms with Crippen molar-refractivity contribution in [3.05, 3.63) is 29.8 Å². The molecule has 1 unspecified atom stereocenters. The highest BCUT2D eigenvalue weighted by molar-refractivity contribution is 5.87. The van der Waals surface area contributed by atoms with Crippen LogP contribution in [0.5, 0.6) is 5.75 Å². The summed E-state index contributed by atoms with van der Waals surface area (Å²) in [6.45, 7) is 1.32. The van der Waals surface area contributed by atoms with Gasteiger partial charge in [0.2, 0.25) is 0 Å². The van der Waals surface area contributed by atoms with Crippen LogP contribution in [0.3, 0.4) is 0 Å². The summed E-state index contributed by atoms with van der Waals surface area (Å²) in [4.78, 5) is 10.8. The number of aliphatic hydroxyl groups excluding tert-OH is 1. The summed E-state index contributed by atoms with van der Waals surface area (Å²) in [5.74, 6) is -0.474. The summed E-state index contributed by atoms with van der Waals surface area (Å²) in [6.07, 6.45) is 0. The van der Waals surface area contributed by atoms with Gasteiger partial charge in [-0.15, -0.1) is 0 Å². The van der Waals surface area contributed by atoms with E-state index in [1.807, 2.05) is 0 Å². The topological polar surface area (TPSA) is 88.0 Å². The molecule has 1 rings (SSSR count). The first-order valence-corrected chi connectivity index (χ1v) is 5.96. The van der Waals surface area contributed by atoms with Crippen molar-refractivity contribution in [3.63, 3.8) is 0 Å². The molecule has 0 bridgehead atoms. The van der Waals surface area contributed by atoms with Gasteiger partial charge >= 0.3 is 5.97 Å². The Morgan fingerprint density at radius 3 is 2.89 bits per heavy atom. The van der Waals surface area contributed by atoms with Crippen molar-refractivity contribution in [2.45, 2.75) is 6.04 Å². The number of aliphatic hydroxyl groups is 1. The van der Waals surface area contributed by atoms with E-state index >= 15 is 0 Å². The van der Waals surface area contributed by atoms with Crippen LogP contribution in [0.15, 0.2) is 24.3 Å². The SMILES string of the molecule is COCC(CO)NCCOc1cccc(C(=O)O)c1. The Morgan fingerprint density at radius 1 is 1.47 bits per heavy atom. The summed E-state index contributed by atoms with van der Waals surface area (Å²) in [5.41, 5.74) is 0.193. The first kappa shape index (κ1) is 15.4. The third-order valence-electron chi connectivity index (χ3n) is 2.47. The number of nitrogens with one attached hydrogen (secondary N) is 1. The van der Waals surface area contributed by atoms with Crippen molar-refractivity contribution in [3.8, 4) is 5.75 Å². The Hall–Kier alpha value is -1.63. The normalized spacial score (nSPS) is 12.1. The molecule has 0 aromatic heterocycles. The van der Waals surface area contributed by atoms with Gasteiger partial charge in [-0.2, -0.15) is 0 Å². The number of benzene rings is 1. The van der Waals surface area contributed by atoms with E-state index in [1.165, 1.54) is 12.1 Å². The number of aromatic carboxylic acids is 1. The van der Waals surface area contributed by atoms with Crippen molar-refractivity contribution in [1.82, 2.24) is 5.32 Å². The molecule has 3 N–H and O–H groups in total. The Morgan fingerprint density at radius 2 is 2.26 bits per heavy atom. The predicted molar refractivity (Wildman–Crippen MR) is 69.6 cm³/mol. The number of carboxylic acids is 1. The first-order chi connectivity index (χ1) is 9.17. The van der Waals surface area contributed by atoms with Gasteiger partial charge in [0.1, 0.15) is 12.4 Å². The zero-order valence-corrected chi connectivity index (χ0v) is 10.8. The van der Waals surface area contributed by atoms with E-state index in [1.54, 1.807) is 19.2 Å². The summed E-state index contributed by atoms with van der Waals surface area (Å²) in [5, 5.41) is 20.9. The number of methoxy groups -OCH3 is 1. The lowest BCUT2D eigenvalue weighted by molar-refractivity contribution is 0.0696. The number of hydrogen-bond acceptors (Lipinski definition) is 5. The molecule has 0 saturated heterocycles. The predicted octanol–water partition coefficient (Wildman–Crippen LogP) is 0.361. The highest BCUT2D eigenvalue weighted by atomic mass is 16.5. The number of carboxylic acid groups (broad SMARTS) is 1. The van der Waals surface area contributed by atoms with Crippen molar-refractivity contribution >= 4 is 5.97 Å². The van der Waals surface area contributed by atoms with Crippen LogP contribution in [-0.4, -0.2) is 55.7 Å². The third kappa shape index (κ3) is 5.69. The molecule has 0 heterocycles. The maximum atomic E-state index is 10.8. The largest absolute Gasteiger partial charge is 0.492 e. The van der Waals surface area contributed by atoms with Crippen LogP contribution < -0.4 is 10.1 Å². The molecule has 0 spiro atoms. The van der Waals surface area contributed by atoms with Gasteiger partial charge in [-0.05, 0) is 18.2 Å². The molecule has 1 aromatic carbocycles. The van der Waals surface area contributed by atoms with Gasteiger partial charge < -0.3 is 25.0 Å². The van der Waals surface area contributed by atoms with Gasteiger partial charge in [0.05, 0.1) is 24.8 Å². The van der Waals surface area contributed by atoms with Crippen molar-refractivity contribution in [2.24, 2.45) is 0 Å². The number of carbonyl (C=O) groups is 1. The summed E-state index contributed by atoms with van der Waals surface area (Å²) in [7, 11) is 1.57. The second kappa shape index (κ2) is 8.47. The highest BCUT2D eigenvalue weighted by Gasteiger charge is 2.06. The Bertz CT molecular complexity index is 396. The van der Waals surface area contributed by atoms with Crippen molar-refractivity contribution in [1.29, 1.82) is 0 Å². The van der Waals surface area contributed by atoms with E-state index < -0.39 is 5.97 Å². The molecule has 19 heavy (non-hydrogen) atoms. The van der Waals surface area contributed by atoms with Gasteiger partial charge in [-0.1, -0.05) is 6.07 Å². The first-order valence-electron chi connectivity index (χ1n) is 5.96. The minimum absolute atomic E-state index is 0.0116. The van der Waals surface area contributed by atoms with E-state index in [-0.39, 0.29) is 18.2 Å². The van der Waals surface area contributed by atoms with Gasteiger partial charge in [-0.3, -0.25) is 0 Å². The summed E-state index contributed by atoms with van der Waals surface area (Å²) in [6, 6.07) is 6.19. The van der Waals surface area contributed by atoms with Crippen LogP contribution in [0.1, 0.15) is 10.4 Å². The second-order valence-electron chi connectivity index (χ2n) is 3.97. The molecule has 0 saturated carbocycles. The quantitative estimate of drug-likeness (QED) is 0.561. The van der Waals surface area contributed by atoms with Gasteiger partial charge in [0.25, 0.3) is 0 Å². The summed E-state index contributed by atoms with van der Waals surface area (Å²) < 4.78 is 10.3. The molecular weight excluding hydrogens is 250 g/mol. The molecular formula is C13H19NO5. The van der Waals surface area contributed by atoms with Gasteiger partial charge in [-0.25, -0.2) is 4.79 Å². The molecule has 6 nitrogen and oxygen atoms in total. The van der Waals surface area contributed by atoms with Gasteiger partial charge in [0.15, 0.2) is 0 Å². The smallest absolute Gasteiger partial charge is 0.335 e. The van der Waals surface area contributed by atoms with Crippen LogP contribution in [-0.2, 0) is 4.74 Å². The van der Waals surface area contributed by atoms with Crippen LogP contribution in [0.25, 0.3) is 0 Å². The average molecular weight is 269 g/mol. The second-order valence-corrected chi connectivity index (χ2v) is 3.97. The fourth-order valence-corrected chi connectivity index (χ4v) is 1.53. The van der Waals surface area contributed by atoms with E-state index in [4.69, 9.17) is 19.7 Å². The fourth-order valence-electron chi connectivity index (χ4n) is 1.53. The zero-order chi connectivity index (χ0) is 14.1. The van der Waals surface area contributed by atoms with E-state index in [2.05, 4.69) is 5.32 Å². The monoisotopic (exact) mass is 269 g/mol. The molecule has 0 fully saturated rings. The Balaban J connectivity index is 2.33. The van der Waals surface area contributed by atoms with Crippen LogP contribution >= 0.6 is 0 Å². The molecule has 0 amide bonds. The van der Waals surface area contributed by atoms with E-state index in [9.17, 15) is 4.79 Å². The number of ether oxygens (including phenoxy) is 2. The molecule has 106 valence electrons. The Labute approximate surface area is 112 Å². The molecule has 1 atom stereocenters. The van der Waals surface area contributed by atoms with E-state index in [0.717, 1.165) is 0 Å². The van der Waals surface area contributed by atoms with Crippen LogP contribution in [0.4, 0.5) is 0 Å². The van der Waals surface area contributed by atoms with Gasteiger partial charge in [0, 0.05) is 13.7 Å². The minimum atomic E-state index is -0.982. The maximum Gasteiger partial charge on any atom is 0.335 e. The van der Waals surface area contributed by atoms with Crippen LogP contribution in [0.2, 0.25) is 0 Å². The molecule has 1 aromatic rings. The maximum absolute atomic E-state index is 10.8. The van der Waals surface area contributed by atoms with E-state index in [0.29, 0.717) is 25.5 Å².